The summed E-state index contributed by atoms with van der Waals surface area (Å²) in [6.07, 6.45) is 3.91. The number of unbranched alkanes of at least 4 members (excludes halogenated alkanes) is 1. The molecule has 96 valence electrons. The summed E-state index contributed by atoms with van der Waals surface area (Å²) >= 11 is 5.47. The SMILES string of the molecule is CCCC[C@@H](c1ccc(Br)s1)N1CCNCC1. The van der Waals surface area contributed by atoms with Crippen molar-refractivity contribution in [3.8, 4) is 0 Å². The van der Waals surface area contributed by atoms with Crippen molar-refractivity contribution in [1.29, 1.82) is 0 Å². The molecule has 0 radical (unpaired) electrons. The molecule has 1 fully saturated rings. The standard InChI is InChI=1S/C13H21BrN2S/c1-2-3-4-11(12-5-6-13(14)17-12)16-9-7-15-8-10-16/h5-6,11,15H,2-4,7-10H2,1H3/t11-/m0/s1. The summed E-state index contributed by atoms with van der Waals surface area (Å²) in [5.74, 6) is 0. The molecule has 1 aromatic heterocycles. The molecule has 1 aliphatic heterocycles. The van der Waals surface area contributed by atoms with Crippen LogP contribution in [0.15, 0.2) is 15.9 Å². The highest BCUT2D eigenvalue weighted by Gasteiger charge is 2.22. The molecule has 0 spiro atoms. The van der Waals surface area contributed by atoms with Crippen LogP contribution in [-0.4, -0.2) is 31.1 Å². The van der Waals surface area contributed by atoms with Crippen molar-refractivity contribution in [2.45, 2.75) is 32.2 Å². The quantitative estimate of drug-likeness (QED) is 0.892. The van der Waals surface area contributed by atoms with E-state index in [1.165, 1.54) is 41.0 Å². The average Bonchev–Trinajstić information content (AvgIpc) is 2.78. The topological polar surface area (TPSA) is 15.3 Å². The van der Waals surface area contributed by atoms with E-state index in [0.717, 1.165) is 13.1 Å². The van der Waals surface area contributed by atoms with Crippen molar-refractivity contribution < 1.29 is 0 Å². The second-order valence-electron chi connectivity index (χ2n) is 4.59. The largest absolute Gasteiger partial charge is 0.314 e. The molecule has 2 rings (SSSR count). The van der Waals surface area contributed by atoms with Gasteiger partial charge in [-0.2, -0.15) is 0 Å². The number of hydrogen-bond donors (Lipinski definition) is 1. The maximum Gasteiger partial charge on any atom is 0.0701 e. The number of piperazine rings is 1. The van der Waals surface area contributed by atoms with Gasteiger partial charge in [0.1, 0.15) is 0 Å². The van der Waals surface area contributed by atoms with Crippen molar-refractivity contribution in [2.24, 2.45) is 0 Å². The van der Waals surface area contributed by atoms with E-state index in [1.807, 2.05) is 11.3 Å². The molecular weight excluding hydrogens is 296 g/mol. The average molecular weight is 317 g/mol. The Morgan fingerprint density at radius 1 is 1.41 bits per heavy atom. The van der Waals surface area contributed by atoms with Gasteiger partial charge in [0.2, 0.25) is 0 Å². The number of rotatable bonds is 5. The monoisotopic (exact) mass is 316 g/mol. The van der Waals surface area contributed by atoms with Crippen LogP contribution in [0.4, 0.5) is 0 Å². The van der Waals surface area contributed by atoms with Gasteiger partial charge in [-0.25, -0.2) is 0 Å². The Kier molecular flexibility index (Phi) is 5.48. The molecule has 2 nitrogen and oxygen atoms in total. The van der Waals surface area contributed by atoms with E-state index >= 15 is 0 Å². The van der Waals surface area contributed by atoms with Gasteiger partial charge in [-0.15, -0.1) is 11.3 Å². The van der Waals surface area contributed by atoms with Gasteiger partial charge in [-0.1, -0.05) is 19.8 Å². The van der Waals surface area contributed by atoms with E-state index in [-0.39, 0.29) is 0 Å². The molecule has 0 saturated carbocycles. The molecule has 0 amide bonds. The summed E-state index contributed by atoms with van der Waals surface area (Å²) in [6.45, 7) is 6.91. The highest BCUT2D eigenvalue weighted by Crippen LogP contribution is 2.34. The van der Waals surface area contributed by atoms with Crippen LogP contribution in [0.3, 0.4) is 0 Å². The zero-order valence-electron chi connectivity index (χ0n) is 10.4. The zero-order valence-corrected chi connectivity index (χ0v) is 12.8. The number of nitrogens with zero attached hydrogens (tertiary/aromatic N) is 1. The molecular formula is C13H21BrN2S. The van der Waals surface area contributed by atoms with Crippen LogP contribution in [-0.2, 0) is 0 Å². The van der Waals surface area contributed by atoms with Crippen LogP contribution in [0, 0.1) is 0 Å². The predicted octanol–water partition coefficient (Wildman–Crippen LogP) is 3.65. The first-order valence-electron chi connectivity index (χ1n) is 6.51. The first kappa shape index (κ1) is 13.5. The van der Waals surface area contributed by atoms with E-state index < -0.39 is 0 Å². The van der Waals surface area contributed by atoms with E-state index in [2.05, 4.69) is 45.2 Å². The minimum absolute atomic E-state index is 0.633. The van der Waals surface area contributed by atoms with Crippen molar-refractivity contribution >= 4 is 27.3 Å². The molecule has 2 heterocycles. The highest BCUT2D eigenvalue weighted by molar-refractivity contribution is 9.11. The summed E-state index contributed by atoms with van der Waals surface area (Å²) in [7, 11) is 0. The molecule has 1 atom stereocenters. The predicted molar refractivity (Wildman–Crippen MR) is 78.7 cm³/mol. The lowest BCUT2D eigenvalue weighted by Gasteiger charge is -2.34. The lowest BCUT2D eigenvalue weighted by Crippen LogP contribution is -2.45. The Labute approximate surface area is 117 Å². The minimum atomic E-state index is 0.633. The maximum absolute atomic E-state index is 3.58. The highest BCUT2D eigenvalue weighted by atomic mass is 79.9. The van der Waals surface area contributed by atoms with Gasteiger partial charge in [0.05, 0.1) is 3.79 Å². The molecule has 1 aromatic rings. The Morgan fingerprint density at radius 2 is 2.18 bits per heavy atom. The summed E-state index contributed by atoms with van der Waals surface area (Å²) in [5.41, 5.74) is 0. The fourth-order valence-electron chi connectivity index (χ4n) is 2.40. The lowest BCUT2D eigenvalue weighted by atomic mass is 10.1. The van der Waals surface area contributed by atoms with Gasteiger partial charge in [-0.3, -0.25) is 4.90 Å². The van der Waals surface area contributed by atoms with Crippen LogP contribution in [0.25, 0.3) is 0 Å². The zero-order chi connectivity index (χ0) is 12.1. The summed E-state index contributed by atoms with van der Waals surface area (Å²) in [6, 6.07) is 5.10. The normalized spacial score (nSPS) is 19.4. The second-order valence-corrected chi connectivity index (χ2v) is 7.08. The van der Waals surface area contributed by atoms with Crippen LogP contribution in [0.2, 0.25) is 0 Å². The fourth-order valence-corrected chi connectivity index (χ4v) is 4.00. The summed E-state index contributed by atoms with van der Waals surface area (Å²) in [5, 5.41) is 3.43. The third-order valence-corrected chi connectivity index (χ3v) is 5.07. The first-order valence-corrected chi connectivity index (χ1v) is 8.12. The Morgan fingerprint density at radius 3 is 2.76 bits per heavy atom. The van der Waals surface area contributed by atoms with E-state index in [1.54, 1.807) is 0 Å². The number of hydrogen-bond acceptors (Lipinski definition) is 3. The minimum Gasteiger partial charge on any atom is -0.314 e. The van der Waals surface area contributed by atoms with E-state index in [9.17, 15) is 0 Å². The van der Waals surface area contributed by atoms with E-state index in [0.29, 0.717) is 6.04 Å². The first-order chi connectivity index (χ1) is 8.31. The van der Waals surface area contributed by atoms with Gasteiger partial charge < -0.3 is 5.32 Å². The van der Waals surface area contributed by atoms with Crippen LogP contribution in [0.5, 0.6) is 0 Å². The molecule has 1 saturated heterocycles. The number of halogens is 1. The van der Waals surface area contributed by atoms with E-state index in [4.69, 9.17) is 0 Å². The maximum atomic E-state index is 3.58. The molecule has 0 aliphatic carbocycles. The Bertz CT molecular complexity index is 334. The number of thiophene rings is 1. The number of nitrogens with one attached hydrogen (secondary N) is 1. The van der Waals surface area contributed by atoms with Crippen molar-refractivity contribution in [3.63, 3.8) is 0 Å². The van der Waals surface area contributed by atoms with Crippen LogP contribution >= 0.6 is 27.3 Å². The lowest BCUT2D eigenvalue weighted by molar-refractivity contribution is 0.165. The molecule has 4 heteroatoms. The van der Waals surface area contributed by atoms with Crippen molar-refractivity contribution in [2.75, 3.05) is 26.2 Å². The molecule has 17 heavy (non-hydrogen) atoms. The van der Waals surface area contributed by atoms with Crippen LogP contribution < -0.4 is 5.32 Å². The Balaban J connectivity index is 2.06. The van der Waals surface area contributed by atoms with Crippen molar-refractivity contribution in [3.05, 3.63) is 20.8 Å². The summed E-state index contributed by atoms with van der Waals surface area (Å²) < 4.78 is 1.25. The van der Waals surface area contributed by atoms with Gasteiger partial charge in [0.25, 0.3) is 0 Å². The molecule has 1 N–H and O–H groups in total. The second kappa shape index (κ2) is 6.88. The fraction of sp³-hybridized carbons (Fsp3) is 0.692. The molecule has 0 aromatic carbocycles. The van der Waals surface area contributed by atoms with Gasteiger partial charge in [0.15, 0.2) is 0 Å². The molecule has 1 aliphatic rings. The molecule has 0 bridgehead atoms. The van der Waals surface area contributed by atoms with Gasteiger partial charge >= 0.3 is 0 Å². The van der Waals surface area contributed by atoms with Gasteiger partial charge in [-0.05, 0) is 34.5 Å². The molecule has 0 unspecified atom stereocenters. The summed E-state index contributed by atoms with van der Waals surface area (Å²) in [4.78, 5) is 4.16. The third-order valence-electron chi connectivity index (χ3n) is 3.35. The smallest absolute Gasteiger partial charge is 0.0701 e. The Hall–Kier alpha value is 0.1000. The van der Waals surface area contributed by atoms with Crippen molar-refractivity contribution in [1.82, 2.24) is 10.2 Å². The van der Waals surface area contributed by atoms with Crippen LogP contribution in [0.1, 0.15) is 37.1 Å². The van der Waals surface area contributed by atoms with Gasteiger partial charge in [0, 0.05) is 37.1 Å². The third kappa shape index (κ3) is 3.78.